The molecule has 0 aliphatic rings. The summed E-state index contributed by atoms with van der Waals surface area (Å²) in [5.41, 5.74) is 3.93. The van der Waals surface area contributed by atoms with Gasteiger partial charge in [0.1, 0.15) is 18.1 Å². The van der Waals surface area contributed by atoms with Crippen LogP contribution < -0.4 is 9.47 Å². The molecule has 0 saturated carbocycles. The quantitative estimate of drug-likeness (QED) is 0.145. The predicted molar refractivity (Wildman–Crippen MR) is 161 cm³/mol. The van der Waals surface area contributed by atoms with E-state index in [1.165, 1.54) is 0 Å². The summed E-state index contributed by atoms with van der Waals surface area (Å²) < 4.78 is 21.8. The van der Waals surface area contributed by atoms with E-state index in [-0.39, 0.29) is 17.8 Å². The smallest absolute Gasteiger partial charge is 0.344 e. The molecule has 0 fully saturated rings. The Morgan fingerprint density at radius 3 is 2.39 bits per heavy atom. The van der Waals surface area contributed by atoms with Gasteiger partial charge in [-0.2, -0.15) is 11.8 Å². The van der Waals surface area contributed by atoms with Crippen molar-refractivity contribution in [3.8, 4) is 11.5 Å². The molecule has 1 atom stereocenters. The molecule has 0 radical (unpaired) electrons. The first-order chi connectivity index (χ1) is 20.0. The van der Waals surface area contributed by atoms with Crippen molar-refractivity contribution < 1.29 is 28.5 Å². The summed E-state index contributed by atoms with van der Waals surface area (Å²) in [5, 5.41) is 1.14. The lowest BCUT2D eigenvalue weighted by atomic mass is 10.0. The third-order valence-corrected chi connectivity index (χ3v) is 7.47. The van der Waals surface area contributed by atoms with E-state index in [0.29, 0.717) is 44.2 Å². The molecule has 1 unspecified atom stereocenters. The third-order valence-electron chi connectivity index (χ3n) is 6.18. The molecular weight excluding hydrogens is 538 g/mol. The van der Waals surface area contributed by atoms with Crippen molar-refractivity contribution in [1.29, 1.82) is 0 Å². The lowest BCUT2D eigenvalue weighted by Crippen LogP contribution is -2.14. The lowest BCUT2D eigenvalue weighted by Gasteiger charge is -2.19. The zero-order valence-electron chi connectivity index (χ0n) is 23.4. The average Bonchev–Trinajstić information content (AvgIpc) is 2.99. The van der Waals surface area contributed by atoms with Crippen molar-refractivity contribution >= 4 is 34.6 Å². The molecule has 1 aromatic heterocycles. The van der Waals surface area contributed by atoms with E-state index in [1.807, 2.05) is 79.7 Å². The zero-order chi connectivity index (χ0) is 28.9. The van der Waals surface area contributed by atoms with Gasteiger partial charge in [-0.3, -0.25) is 4.79 Å². The first-order valence-electron chi connectivity index (χ1n) is 13.8. The predicted octanol–water partition coefficient (Wildman–Crippen LogP) is 6.73. The maximum absolute atomic E-state index is 12.0. The number of aromatic nitrogens is 1. The minimum Gasteiger partial charge on any atom is -0.487 e. The van der Waals surface area contributed by atoms with E-state index < -0.39 is 5.97 Å². The first-order valence-corrected chi connectivity index (χ1v) is 14.8. The Balaban J connectivity index is 1.46. The highest BCUT2D eigenvalue weighted by molar-refractivity contribution is 7.99. The largest absolute Gasteiger partial charge is 0.487 e. The first kappa shape index (κ1) is 29.9. The van der Waals surface area contributed by atoms with E-state index in [0.717, 1.165) is 33.5 Å². The number of rotatable bonds is 15. The maximum atomic E-state index is 12.0. The topological polar surface area (TPSA) is 84.0 Å². The summed E-state index contributed by atoms with van der Waals surface area (Å²) in [7, 11) is 0. The van der Waals surface area contributed by atoms with E-state index in [4.69, 9.17) is 23.9 Å². The lowest BCUT2D eigenvalue weighted by molar-refractivity contribution is -0.145. The summed E-state index contributed by atoms with van der Waals surface area (Å²) >= 11 is 1.70. The van der Waals surface area contributed by atoms with Crippen LogP contribution in [-0.2, 0) is 32.1 Å². The van der Waals surface area contributed by atoms with Gasteiger partial charge >= 0.3 is 11.9 Å². The minimum absolute atomic E-state index is 0.0482. The number of fused-ring (bicyclic) bond motifs is 1. The normalized spacial score (nSPS) is 11.6. The molecule has 0 spiro atoms. The fraction of sp³-hybridized carbons (Fsp3) is 0.303. The SMILES string of the molecule is CCOC(=O)CCSC(Cc1cccc(OCC(=O)OCC)c1)c1cccc(OCc2ccc3ccccc3n2)c1. The number of hydrogen-bond donors (Lipinski definition) is 0. The molecule has 0 amide bonds. The highest BCUT2D eigenvalue weighted by Crippen LogP contribution is 2.35. The van der Waals surface area contributed by atoms with Gasteiger partial charge in [0.15, 0.2) is 6.61 Å². The molecule has 4 aromatic rings. The summed E-state index contributed by atoms with van der Waals surface area (Å²) in [4.78, 5) is 28.4. The fourth-order valence-electron chi connectivity index (χ4n) is 4.26. The Bertz CT molecular complexity index is 1440. The van der Waals surface area contributed by atoms with E-state index in [1.54, 1.807) is 18.7 Å². The molecular formula is C33H35NO6S. The van der Waals surface area contributed by atoms with Crippen LogP contribution in [0.1, 0.15) is 42.3 Å². The van der Waals surface area contributed by atoms with Gasteiger partial charge in [-0.1, -0.05) is 48.5 Å². The monoisotopic (exact) mass is 573 g/mol. The molecule has 7 nitrogen and oxygen atoms in total. The van der Waals surface area contributed by atoms with E-state index >= 15 is 0 Å². The van der Waals surface area contributed by atoms with Gasteiger partial charge in [-0.25, -0.2) is 9.78 Å². The van der Waals surface area contributed by atoms with Gasteiger partial charge in [0.25, 0.3) is 0 Å². The molecule has 0 aliphatic carbocycles. The summed E-state index contributed by atoms with van der Waals surface area (Å²) in [6.07, 6.45) is 1.03. The number of para-hydroxylation sites is 1. The van der Waals surface area contributed by atoms with Gasteiger partial charge in [0.2, 0.25) is 0 Å². The molecule has 4 rings (SSSR count). The molecule has 0 saturated heterocycles. The number of carbonyl (C=O) groups is 2. The second kappa shape index (κ2) is 15.7. The number of pyridine rings is 1. The molecule has 3 aromatic carbocycles. The fourth-order valence-corrected chi connectivity index (χ4v) is 5.48. The second-order valence-corrected chi connectivity index (χ2v) is 10.5. The van der Waals surface area contributed by atoms with Crippen molar-refractivity contribution in [1.82, 2.24) is 4.98 Å². The molecule has 1 heterocycles. The molecule has 0 N–H and O–H groups in total. The van der Waals surface area contributed by atoms with Crippen molar-refractivity contribution in [2.75, 3.05) is 25.6 Å². The molecule has 0 aliphatic heterocycles. The minimum atomic E-state index is -0.402. The van der Waals surface area contributed by atoms with Crippen molar-refractivity contribution in [2.45, 2.75) is 38.5 Å². The third kappa shape index (κ3) is 9.53. The maximum Gasteiger partial charge on any atom is 0.344 e. The van der Waals surface area contributed by atoms with Crippen molar-refractivity contribution in [2.24, 2.45) is 0 Å². The average molecular weight is 574 g/mol. The van der Waals surface area contributed by atoms with Gasteiger partial charge < -0.3 is 18.9 Å². The van der Waals surface area contributed by atoms with Gasteiger partial charge in [0, 0.05) is 16.4 Å². The van der Waals surface area contributed by atoms with Crippen LogP contribution in [-0.4, -0.2) is 42.5 Å². The van der Waals surface area contributed by atoms with Gasteiger partial charge in [0.05, 0.1) is 30.8 Å². The standard InChI is InChI=1S/C33H35NO6S/c1-3-37-32(35)17-18-41-31(20-24-9-7-12-28(19-24)40-23-33(36)38-4-2)26-11-8-13-29(21-26)39-22-27-16-15-25-10-5-6-14-30(25)34-27/h5-16,19,21,31H,3-4,17-18,20,22-23H2,1-2H3. The Morgan fingerprint density at radius 1 is 0.805 bits per heavy atom. The molecule has 41 heavy (non-hydrogen) atoms. The van der Waals surface area contributed by atoms with Crippen LogP contribution in [0.5, 0.6) is 11.5 Å². The molecule has 8 heteroatoms. The van der Waals surface area contributed by atoms with E-state index in [9.17, 15) is 9.59 Å². The van der Waals surface area contributed by atoms with Crippen LogP contribution in [0.2, 0.25) is 0 Å². The van der Waals surface area contributed by atoms with Crippen LogP contribution in [0.4, 0.5) is 0 Å². The summed E-state index contributed by atoms with van der Waals surface area (Å²) in [6, 6.07) is 27.8. The number of hydrogen-bond acceptors (Lipinski definition) is 8. The van der Waals surface area contributed by atoms with E-state index in [2.05, 4.69) is 12.1 Å². The Hall–Kier alpha value is -4.04. The number of thioether (sulfide) groups is 1. The number of benzene rings is 3. The summed E-state index contributed by atoms with van der Waals surface area (Å²) in [5.74, 6) is 1.37. The van der Waals surface area contributed by atoms with Crippen molar-refractivity contribution in [3.63, 3.8) is 0 Å². The molecule has 0 bridgehead atoms. The Morgan fingerprint density at radius 2 is 1.56 bits per heavy atom. The highest BCUT2D eigenvalue weighted by Gasteiger charge is 2.16. The van der Waals surface area contributed by atoms with Crippen molar-refractivity contribution in [3.05, 3.63) is 102 Å². The Kier molecular flexibility index (Phi) is 11.4. The highest BCUT2D eigenvalue weighted by atomic mass is 32.2. The zero-order valence-corrected chi connectivity index (χ0v) is 24.2. The Labute approximate surface area is 245 Å². The number of esters is 2. The number of ether oxygens (including phenoxy) is 4. The number of carbonyl (C=O) groups excluding carboxylic acids is 2. The van der Waals surface area contributed by atoms with Crippen LogP contribution >= 0.6 is 11.8 Å². The van der Waals surface area contributed by atoms with Crippen LogP contribution in [0, 0.1) is 0 Å². The molecule has 214 valence electrons. The van der Waals surface area contributed by atoms with Crippen LogP contribution in [0.15, 0.2) is 84.9 Å². The van der Waals surface area contributed by atoms with Crippen LogP contribution in [0.3, 0.4) is 0 Å². The van der Waals surface area contributed by atoms with Gasteiger partial charge in [-0.05, 0) is 67.8 Å². The van der Waals surface area contributed by atoms with Gasteiger partial charge in [-0.15, -0.1) is 0 Å². The second-order valence-electron chi connectivity index (χ2n) is 9.22. The number of nitrogens with zero attached hydrogens (tertiary/aromatic N) is 1. The summed E-state index contributed by atoms with van der Waals surface area (Å²) in [6.45, 7) is 4.48. The van der Waals surface area contributed by atoms with Crippen LogP contribution in [0.25, 0.3) is 10.9 Å².